The topological polar surface area (TPSA) is 92.9 Å². The van der Waals surface area contributed by atoms with E-state index in [2.05, 4.69) is 5.16 Å². The SMILES string of the molecule is O=C(O)c1noc2c1CN(C(=O)[C@@H]1CCO[C@H](c3cccc(F)c3)C1)CC2. The number of carboxylic acid groups (broad SMARTS) is 1. The van der Waals surface area contributed by atoms with Crippen molar-refractivity contribution < 1.29 is 28.3 Å². The van der Waals surface area contributed by atoms with Crippen LogP contribution in [0.25, 0.3) is 0 Å². The van der Waals surface area contributed by atoms with Crippen molar-refractivity contribution in [3.8, 4) is 0 Å². The van der Waals surface area contributed by atoms with Gasteiger partial charge >= 0.3 is 5.97 Å². The molecule has 142 valence electrons. The molecule has 0 radical (unpaired) electrons. The molecule has 0 unspecified atom stereocenters. The third-order valence-corrected chi connectivity index (χ3v) is 5.20. The van der Waals surface area contributed by atoms with Gasteiger partial charge in [-0.3, -0.25) is 4.79 Å². The maximum absolute atomic E-state index is 13.5. The highest BCUT2D eigenvalue weighted by atomic mass is 19.1. The van der Waals surface area contributed by atoms with Crippen LogP contribution in [-0.2, 0) is 22.5 Å². The summed E-state index contributed by atoms with van der Waals surface area (Å²) in [5.41, 5.74) is 1.06. The van der Waals surface area contributed by atoms with Gasteiger partial charge in [0.2, 0.25) is 5.91 Å². The van der Waals surface area contributed by atoms with Gasteiger partial charge < -0.3 is 19.3 Å². The number of carbonyl (C=O) groups is 2. The van der Waals surface area contributed by atoms with Crippen molar-refractivity contribution in [1.82, 2.24) is 10.1 Å². The predicted molar refractivity (Wildman–Crippen MR) is 90.4 cm³/mol. The molecule has 7 nitrogen and oxygen atoms in total. The monoisotopic (exact) mass is 374 g/mol. The highest BCUT2D eigenvalue weighted by molar-refractivity contribution is 5.87. The number of carboxylic acids is 1. The van der Waals surface area contributed by atoms with Crippen LogP contribution in [0, 0.1) is 11.7 Å². The van der Waals surface area contributed by atoms with E-state index >= 15 is 0 Å². The van der Waals surface area contributed by atoms with E-state index in [0.717, 1.165) is 5.56 Å². The van der Waals surface area contributed by atoms with E-state index in [1.54, 1.807) is 17.0 Å². The first kappa shape index (κ1) is 17.7. The van der Waals surface area contributed by atoms with Crippen molar-refractivity contribution in [2.75, 3.05) is 13.2 Å². The van der Waals surface area contributed by atoms with E-state index in [4.69, 9.17) is 9.26 Å². The van der Waals surface area contributed by atoms with Crippen LogP contribution in [0.4, 0.5) is 4.39 Å². The fraction of sp³-hybridized carbons (Fsp3) is 0.421. The molecule has 0 spiro atoms. The number of carbonyl (C=O) groups excluding carboxylic acids is 1. The minimum absolute atomic E-state index is 0.0390. The summed E-state index contributed by atoms with van der Waals surface area (Å²) in [5.74, 6) is -1.25. The van der Waals surface area contributed by atoms with Gasteiger partial charge in [0, 0.05) is 31.1 Å². The molecule has 0 saturated carbocycles. The molecule has 2 aliphatic heterocycles. The highest BCUT2D eigenvalue weighted by Gasteiger charge is 2.35. The Kier molecular flexibility index (Phi) is 4.65. The van der Waals surface area contributed by atoms with E-state index in [1.165, 1.54) is 12.1 Å². The summed E-state index contributed by atoms with van der Waals surface area (Å²) in [6, 6.07) is 6.23. The van der Waals surface area contributed by atoms with Crippen molar-refractivity contribution in [2.24, 2.45) is 5.92 Å². The smallest absolute Gasteiger partial charge is 0.358 e. The zero-order chi connectivity index (χ0) is 19.0. The van der Waals surface area contributed by atoms with E-state index in [9.17, 15) is 19.1 Å². The maximum atomic E-state index is 13.5. The average Bonchev–Trinajstić information content (AvgIpc) is 3.11. The third-order valence-electron chi connectivity index (χ3n) is 5.20. The minimum Gasteiger partial charge on any atom is -0.476 e. The molecule has 1 saturated heterocycles. The maximum Gasteiger partial charge on any atom is 0.358 e. The summed E-state index contributed by atoms with van der Waals surface area (Å²) < 4.78 is 24.3. The lowest BCUT2D eigenvalue weighted by atomic mass is 9.90. The molecule has 1 fully saturated rings. The summed E-state index contributed by atoms with van der Waals surface area (Å²) in [4.78, 5) is 25.9. The summed E-state index contributed by atoms with van der Waals surface area (Å²) in [6.07, 6.45) is 1.18. The van der Waals surface area contributed by atoms with Gasteiger partial charge in [0.1, 0.15) is 11.6 Å². The Morgan fingerprint density at radius 2 is 2.19 bits per heavy atom. The van der Waals surface area contributed by atoms with Crippen LogP contribution in [0.3, 0.4) is 0 Å². The lowest BCUT2D eigenvalue weighted by Gasteiger charge is -2.34. The molecule has 1 aromatic heterocycles. The summed E-state index contributed by atoms with van der Waals surface area (Å²) in [5, 5.41) is 12.8. The third kappa shape index (κ3) is 3.44. The first-order valence-corrected chi connectivity index (χ1v) is 8.89. The summed E-state index contributed by atoms with van der Waals surface area (Å²) in [6.45, 7) is 1.06. The number of rotatable bonds is 3. The number of fused-ring (bicyclic) bond motifs is 1. The van der Waals surface area contributed by atoms with Crippen LogP contribution in [0.2, 0.25) is 0 Å². The van der Waals surface area contributed by atoms with Crippen molar-refractivity contribution in [1.29, 1.82) is 0 Å². The van der Waals surface area contributed by atoms with Crippen LogP contribution >= 0.6 is 0 Å². The molecular formula is C19H19FN2O5. The quantitative estimate of drug-likeness (QED) is 0.888. The molecule has 4 rings (SSSR count). The van der Waals surface area contributed by atoms with E-state index in [0.29, 0.717) is 43.7 Å². The first-order chi connectivity index (χ1) is 13.0. The second-order valence-corrected chi connectivity index (χ2v) is 6.88. The number of benzene rings is 1. The lowest BCUT2D eigenvalue weighted by Crippen LogP contribution is -2.41. The van der Waals surface area contributed by atoms with Crippen molar-refractivity contribution in [3.63, 3.8) is 0 Å². The van der Waals surface area contributed by atoms with Crippen molar-refractivity contribution in [2.45, 2.75) is 31.9 Å². The van der Waals surface area contributed by atoms with E-state index < -0.39 is 5.97 Å². The zero-order valence-corrected chi connectivity index (χ0v) is 14.6. The summed E-state index contributed by atoms with van der Waals surface area (Å²) in [7, 11) is 0. The van der Waals surface area contributed by atoms with Gasteiger partial charge in [-0.25, -0.2) is 9.18 Å². The second-order valence-electron chi connectivity index (χ2n) is 6.88. The van der Waals surface area contributed by atoms with Crippen LogP contribution in [-0.4, -0.2) is 40.2 Å². The highest BCUT2D eigenvalue weighted by Crippen LogP contribution is 2.34. The van der Waals surface area contributed by atoms with Gasteiger partial charge in [-0.15, -0.1) is 0 Å². The fourth-order valence-electron chi connectivity index (χ4n) is 3.78. The normalized spacial score (nSPS) is 22.3. The first-order valence-electron chi connectivity index (χ1n) is 8.89. The van der Waals surface area contributed by atoms with E-state index in [1.807, 2.05) is 0 Å². The van der Waals surface area contributed by atoms with E-state index in [-0.39, 0.29) is 36.0 Å². The molecule has 1 amide bonds. The molecule has 2 aliphatic rings. The lowest BCUT2D eigenvalue weighted by molar-refractivity contribution is -0.142. The number of halogens is 1. The van der Waals surface area contributed by atoms with Crippen molar-refractivity contribution >= 4 is 11.9 Å². The van der Waals surface area contributed by atoms with Crippen LogP contribution < -0.4 is 0 Å². The molecule has 8 heteroatoms. The van der Waals surface area contributed by atoms with Gasteiger partial charge in [-0.2, -0.15) is 0 Å². The number of aromatic nitrogens is 1. The second kappa shape index (κ2) is 7.11. The molecule has 27 heavy (non-hydrogen) atoms. The molecule has 1 N–H and O–H groups in total. The van der Waals surface area contributed by atoms with Gasteiger partial charge in [-0.1, -0.05) is 17.3 Å². The number of hydrogen-bond donors (Lipinski definition) is 1. The molecule has 1 aromatic carbocycles. The van der Waals surface area contributed by atoms with Gasteiger partial charge in [0.05, 0.1) is 12.6 Å². The van der Waals surface area contributed by atoms with Crippen LogP contribution in [0.5, 0.6) is 0 Å². The Bertz CT molecular complexity index is 881. The number of hydrogen-bond acceptors (Lipinski definition) is 5. The van der Waals surface area contributed by atoms with Crippen molar-refractivity contribution in [3.05, 3.63) is 52.7 Å². The molecule has 0 aliphatic carbocycles. The number of nitrogens with zero attached hydrogens (tertiary/aromatic N) is 2. The minimum atomic E-state index is -1.16. The molecule has 3 heterocycles. The Labute approximate surface area is 154 Å². The van der Waals surface area contributed by atoms with Gasteiger partial charge in [-0.05, 0) is 30.5 Å². The molecule has 0 bridgehead atoms. The van der Waals surface area contributed by atoms with Crippen LogP contribution in [0.1, 0.15) is 46.3 Å². The molecular weight excluding hydrogens is 355 g/mol. The Morgan fingerprint density at radius 3 is 2.96 bits per heavy atom. The fourth-order valence-corrected chi connectivity index (χ4v) is 3.78. The largest absolute Gasteiger partial charge is 0.476 e. The summed E-state index contributed by atoms with van der Waals surface area (Å²) >= 11 is 0. The Hall–Kier alpha value is -2.74. The Morgan fingerprint density at radius 1 is 1.33 bits per heavy atom. The van der Waals surface area contributed by atoms with Gasteiger partial charge in [0.25, 0.3) is 0 Å². The Balaban J connectivity index is 1.48. The standard InChI is InChI=1S/C19H19FN2O5/c20-13-3-1-2-11(8-13)16-9-12(5-7-26-16)18(23)22-6-4-15-14(10-22)17(19(24)25)21-27-15/h1-3,8,12,16H,4-7,9-10H2,(H,24,25)/t12-,16+/m1/s1. The average molecular weight is 374 g/mol. The number of amides is 1. The van der Waals surface area contributed by atoms with Crippen LogP contribution in [0.15, 0.2) is 28.8 Å². The number of ether oxygens (including phenoxy) is 1. The van der Waals surface area contributed by atoms with Gasteiger partial charge in [0.15, 0.2) is 5.69 Å². The zero-order valence-electron chi connectivity index (χ0n) is 14.6. The molecule has 2 aromatic rings. The molecule has 2 atom stereocenters. The predicted octanol–water partition coefficient (Wildman–Crippen LogP) is 2.56. The number of aromatic carboxylic acids is 1.